The Bertz CT molecular complexity index is 943. The van der Waals surface area contributed by atoms with Crippen LogP contribution in [0.15, 0.2) is 15.8 Å². The molecule has 0 spiro atoms. The third-order valence-electron chi connectivity index (χ3n) is 5.66. The Morgan fingerprint density at radius 2 is 2.07 bits per heavy atom. The lowest BCUT2D eigenvalue weighted by Crippen LogP contribution is -2.50. The molecule has 2 rings (SSSR count). The van der Waals surface area contributed by atoms with Crippen molar-refractivity contribution in [2.45, 2.75) is 75.4 Å². The first kappa shape index (κ1) is 23.4. The number of carbonyl (C=O) groups is 1. The lowest BCUT2D eigenvalue weighted by atomic mass is 10.0. The molecule has 0 radical (unpaired) electrons. The molecule has 2 heterocycles. The van der Waals surface area contributed by atoms with Crippen molar-refractivity contribution in [3.8, 4) is 6.07 Å². The van der Waals surface area contributed by atoms with Crippen LogP contribution in [0.25, 0.3) is 0 Å². The molecule has 29 heavy (non-hydrogen) atoms. The van der Waals surface area contributed by atoms with Crippen molar-refractivity contribution in [1.82, 2.24) is 9.55 Å². The number of esters is 1. The molecule has 1 aliphatic rings. The number of rotatable bonds is 5. The first-order valence-electron chi connectivity index (χ1n) is 9.45. The van der Waals surface area contributed by atoms with E-state index in [-0.39, 0.29) is 11.6 Å². The lowest BCUT2D eigenvalue weighted by Gasteiger charge is -2.41. The van der Waals surface area contributed by atoms with Gasteiger partial charge in [0, 0.05) is 25.1 Å². The Labute approximate surface area is 175 Å². The van der Waals surface area contributed by atoms with Gasteiger partial charge in [-0.1, -0.05) is 20.8 Å². The second kappa shape index (κ2) is 8.12. The molecule has 1 aliphatic heterocycles. The molecule has 1 fully saturated rings. The summed E-state index contributed by atoms with van der Waals surface area (Å²) in [6, 6.07) is 2.30. The molecule has 1 N–H and O–H groups in total. The van der Waals surface area contributed by atoms with Crippen LogP contribution in [-0.2, 0) is 14.0 Å². The molecule has 0 aromatic carbocycles. The van der Waals surface area contributed by atoms with E-state index in [2.05, 4.69) is 44.9 Å². The van der Waals surface area contributed by atoms with Gasteiger partial charge in [0.15, 0.2) is 13.1 Å². The van der Waals surface area contributed by atoms with Gasteiger partial charge in [-0.05, 0) is 25.1 Å². The Morgan fingerprint density at radius 1 is 1.45 bits per heavy atom. The highest BCUT2D eigenvalue weighted by molar-refractivity contribution is 8.01. The minimum atomic E-state index is -2.25. The zero-order valence-electron chi connectivity index (χ0n) is 18.0. The van der Waals surface area contributed by atoms with Gasteiger partial charge in [-0.15, -0.1) is 11.8 Å². The van der Waals surface area contributed by atoms with Crippen LogP contribution in [0.1, 0.15) is 45.1 Å². The maximum absolute atomic E-state index is 12.4. The highest BCUT2D eigenvalue weighted by Crippen LogP contribution is 2.52. The van der Waals surface area contributed by atoms with Gasteiger partial charge in [0.05, 0.1) is 17.5 Å². The average Bonchev–Trinajstić information content (AvgIpc) is 2.93. The summed E-state index contributed by atoms with van der Waals surface area (Å²) in [6.45, 7) is 13.3. The van der Waals surface area contributed by atoms with Crippen LogP contribution in [-0.4, -0.2) is 41.3 Å². The minimum Gasteiger partial charge on any atom is -0.463 e. The third kappa shape index (κ3) is 4.84. The van der Waals surface area contributed by atoms with Crippen LogP contribution in [0.3, 0.4) is 0 Å². The van der Waals surface area contributed by atoms with Crippen molar-refractivity contribution in [2.24, 2.45) is 0 Å². The van der Waals surface area contributed by atoms with E-state index in [0.29, 0.717) is 12.0 Å². The average molecular weight is 440 g/mol. The van der Waals surface area contributed by atoms with E-state index in [1.807, 2.05) is 0 Å². The molecule has 8 nitrogen and oxygen atoms in total. The number of aromatic amines is 1. The largest absolute Gasteiger partial charge is 0.463 e. The van der Waals surface area contributed by atoms with E-state index >= 15 is 0 Å². The molecule has 10 heteroatoms. The van der Waals surface area contributed by atoms with E-state index in [4.69, 9.17) is 9.16 Å². The van der Waals surface area contributed by atoms with Crippen LogP contribution in [0.2, 0.25) is 18.1 Å². The molecule has 1 aromatic heterocycles. The Hall–Kier alpha value is -1.83. The molecular weight excluding hydrogens is 410 g/mol. The number of aromatic nitrogens is 2. The van der Waals surface area contributed by atoms with Crippen molar-refractivity contribution in [3.63, 3.8) is 0 Å². The quantitative estimate of drug-likeness (QED) is 0.554. The predicted molar refractivity (Wildman–Crippen MR) is 114 cm³/mol. The molecule has 3 atom stereocenters. The predicted octanol–water partition coefficient (Wildman–Crippen LogP) is 2.70. The van der Waals surface area contributed by atoms with E-state index in [0.717, 1.165) is 0 Å². The summed E-state index contributed by atoms with van der Waals surface area (Å²) in [4.78, 5) is 37.8. The molecule has 160 valence electrons. The van der Waals surface area contributed by atoms with Crippen LogP contribution in [0.5, 0.6) is 0 Å². The van der Waals surface area contributed by atoms with Gasteiger partial charge in [0.1, 0.15) is 6.61 Å². The van der Waals surface area contributed by atoms with Crippen molar-refractivity contribution in [1.29, 1.82) is 5.26 Å². The number of H-pyrrole nitrogens is 1. The number of hydrogen-bond donors (Lipinski definition) is 1. The number of thioether (sulfide) groups is 1. The number of ether oxygens (including phenoxy) is 1. The molecular formula is C19H29N3O5SSi. The van der Waals surface area contributed by atoms with Gasteiger partial charge >= 0.3 is 11.7 Å². The van der Waals surface area contributed by atoms with Crippen molar-refractivity contribution in [2.75, 3.05) is 6.61 Å². The van der Waals surface area contributed by atoms with Gasteiger partial charge in [-0.25, -0.2) is 4.79 Å². The van der Waals surface area contributed by atoms with Gasteiger partial charge in [0.25, 0.3) is 5.56 Å². The zero-order chi connectivity index (χ0) is 22.2. The normalized spacial score (nSPS) is 24.9. The summed E-state index contributed by atoms with van der Waals surface area (Å²) in [7, 11) is -2.25. The molecule has 1 saturated heterocycles. The van der Waals surface area contributed by atoms with E-state index in [1.165, 1.54) is 29.4 Å². The molecule has 0 aliphatic carbocycles. The monoisotopic (exact) mass is 439 g/mol. The number of nitrogens with one attached hydrogen (secondary N) is 1. The molecule has 0 unspecified atom stereocenters. The second-order valence-electron chi connectivity index (χ2n) is 8.94. The van der Waals surface area contributed by atoms with Gasteiger partial charge in [0.2, 0.25) is 0 Å². The number of nitriles is 1. The van der Waals surface area contributed by atoms with Crippen LogP contribution in [0.4, 0.5) is 0 Å². The number of aryl methyl sites for hydroxylation is 1. The highest BCUT2D eigenvalue weighted by Gasteiger charge is 2.54. The summed E-state index contributed by atoms with van der Waals surface area (Å²) in [6.07, 6.45) is 1.36. The molecule has 1 aromatic rings. The van der Waals surface area contributed by atoms with E-state index in [9.17, 15) is 19.6 Å². The standard InChI is InChI=1S/C19H29N3O5SSi/c1-12-9-22(17(25)21-16(12)24)15-8-14(27-29(6,7)18(3,4)5)19(10-20,28-15)11-26-13(2)23/h9,14-15H,8,11H2,1-7H3,(H,21,24,25)/t14-,15+,19-/m0/s1. The smallest absolute Gasteiger partial charge is 0.329 e. The fourth-order valence-electron chi connectivity index (χ4n) is 2.85. The summed E-state index contributed by atoms with van der Waals surface area (Å²) < 4.78 is 12.1. The van der Waals surface area contributed by atoms with Crippen LogP contribution < -0.4 is 11.2 Å². The van der Waals surface area contributed by atoms with Crippen LogP contribution >= 0.6 is 11.8 Å². The first-order valence-corrected chi connectivity index (χ1v) is 13.2. The van der Waals surface area contributed by atoms with Crippen LogP contribution in [0, 0.1) is 18.3 Å². The molecule has 0 bridgehead atoms. The van der Waals surface area contributed by atoms with Crippen molar-refractivity contribution >= 4 is 26.0 Å². The number of hydrogen-bond acceptors (Lipinski definition) is 7. The Kier molecular flexibility index (Phi) is 6.57. The van der Waals surface area contributed by atoms with E-state index in [1.54, 1.807) is 6.92 Å². The van der Waals surface area contributed by atoms with E-state index < -0.39 is 41.8 Å². The second-order valence-corrected chi connectivity index (χ2v) is 15.2. The first-order chi connectivity index (χ1) is 13.2. The van der Waals surface area contributed by atoms with Gasteiger partial charge in [-0.2, -0.15) is 5.26 Å². The summed E-state index contributed by atoms with van der Waals surface area (Å²) in [5.74, 6) is -0.480. The van der Waals surface area contributed by atoms with Crippen molar-refractivity contribution in [3.05, 3.63) is 32.6 Å². The minimum absolute atomic E-state index is 0.0796. The molecule has 0 saturated carbocycles. The third-order valence-corrected chi connectivity index (χ3v) is 11.7. The maximum atomic E-state index is 12.4. The van der Waals surface area contributed by atoms with Crippen molar-refractivity contribution < 1.29 is 14.0 Å². The van der Waals surface area contributed by atoms with Gasteiger partial charge < -0.3 is 9.16 Å². The highest BCUT2D eigenvalue weighted by atomic mass is 32.2. The topological polar surface area (TPSA) is 114 Å². The lowest BCUT2D eigenvalue weighted by molar-refractivity contribution is -0.141. The summed E-state index contributed by atoms with van der Waals surface area (Å²) >= 11 is 1.24. The molecule has 0 amide bonds. The van der Waals surface area contributed by atoms with Gasteiger partial charge in [-0.3, -0.25) is 19.1 Å². The fraction of sp³-hybridized carbons (Fsp3) is 0.684. The summed E-state index contributed by atoms with van der Waals surface area (Å²) in [5.41, 5.74) is -0.568. The SMILES string of the molecule is CC(=O)OC[C@]1(C#N)S[C@@H](n2cc(C)c(=O)[nH]c2=O)C[C@@H]1O[Si](C)(C)C(C)(C)C. The Balaban J connectivity index is 2.47. The number of nitrogens with zero attached hydrogens (tertiary/aromatic N) is 2. The summed E-state index contributed by atoms with van der Waals surface area (Å²) in [5, 5.41) is 9.55. The zero-order valence-corrected chi connectivity index (χ0v) is 19.8. The fourth-order valence-corrected chi connectivity index (χ4v) is 5.80. The maximum Gasteiger partial charge on any atom is 0.329 e. The Morgan fingerprint density at radius 3 is 2.59 bits per heavy atom. The number of carbonyl (C=O) groups excluding carboxylic acids is 1.